The van der Waals surface area contributed by atoms with Gasteiger partial charge in [0.1, 0.15) is 5.82 Å². The lowest BCUT2D eigenvalue weighted by Gasteiger charge is -2.11. The van der Waals surface area contributed by atoms with Crippen LogP contribution < -0.4 is 16.4 Å². The van der Waals surface area contributed by atoms with Gasteiger partial charge in [-0.05, 0) is 78.9 Å². The number of nitrogens with two attached hydrogens (primary N) is 1. The molecule has 7 N–H and O–H groups in total. The Morgan fingerprint density at radius 1 is 0.611 bits per heavy atom. The Hall–Kier alpha value is -5.24. The molecule has 0 unspecified atom stereocenters. The number of carboxylic acid groups (broad SMARTS) is 2. The average Bonchev–Trinajstić information content (AvgIpc) is 3.25. The molecule has 1 aromatic heterocycles. The molecule has 0 radical (unpaired) electrons. The molecule has 0 aliphatic carbocycles. The number of carbonyl (C=O) groups is 2. The van der Waals surface area contributed by atoms with Crippen LogP contribution in [0.2, 0.25) is 0 Å². The summed E-state index contributed by atoms with van der Waals surface area (Å²) in [4.78, 5) is 24.8. The summed E-state index contributed by atoms with van der Waals surface area (Å²) >= 11 is 0. The van der Waals surface area contributed by atoms with E-state index in [9.17, 15) is 9.59 Å². The monoisotopic (exact) mass is 480 g/mol. The lowest BCUT2D eigenvalue weighted by atomic mass is 10.2. The number of nitrogens with one attached hydrogen (secondary N) is 3. The molecule has 0 fully saturated rings. The Morgan fingerprint density at radius 3 is 1.58 bits per heavy atom. The zero-order chi connectivity index (χ0) is 25.5. The van der Waals surface area contributed by atoms with Crippen molar-refractivity contribution in [2.75, 3.05) is 16.4 Å². The van der Waals surface area contributed by atoms with E-state index in [0.717, 1.165) is 34.1 Å². The standard InChI is InChI=1S/C20H16N2O4.C8H8N2/c23-19(24)13-4-8-15(9-5-13)21-17-2-1-3-18(12-17)22-16-10-6-14(7-11-16)20(25)26;9-8-5-6-3-1-2-4-7(6)10-8/h1-12,21-22H,(H,23,24)(H,25,26);1-5,10H,9H2. The van der Waals surface area contributed by atoms with Gasteiger partial charge in [0.05, 0.1) is 11.1 Å². The zero-order valence-electron chi connectivity index (χ0n) is 19.1. The zero-order valence-corrected chi connectivity index (χ0v) is 19.1. The lowest BCUT2D eigenvalue weighted by Crippen LogP contribution is -1.98. The van der Waals surface area contributed by atoms with E-state index in [4.69, 9.17) is 15.9 Å². The van der Waals surface area contributed by atoms with Gasteiger partial charge in [-0.15, -0.1) is 0 Å². The molecular formula is C28H24N4O4. The highest BCUT2D eigenvalue weighted by Gasteiger charge is 2.04. The van der Waals surface area contributed by atoms with Gasteiger partial charge in [0.2, 0.25) is 0 Å². The predicted octanol–water partition coefficient (Wildman–Crippen LogP) is 6.32. The summed E-state index contributed by atoms with van der Waals surface area (Å²) in [7, 11) is 0. The highest BCUT2D eigenvalue weighted by Crippen LogP contribution is 2.23. The van der Waals surface area contributed by atoms with Gasteiger partial charge in [-0.1, -0.05) is 24.3 Å². The van der Waals surface area contributed by atoms with Crippen LogP contribution in [-0.2, 0) is 0 Å². The number of carboxylic acids is 2. The lowest BCUT2D eigenvalue weighted by molar-refractivity contribution is 0.0686. The number of aromatic nitrogens is 1. The van der Waals surface area contributed by atoms with Crippen molar-refractivity contribution in [2.24, 2.45) is 0 Å². The number of hydrogen-bond donors (Lipinski definition) is 6. The van der Waals surface area contributed by atoms with Gasteiger partial charge in [-0.2, -0.15) is 0 Å². The van der Waals surface area contributed by atoms with Crippen molar-refractivity contribution in [1.29, 1.82) is 0 Å². The smallest absolute Gasteiger partial charge is 0.335 e. The fourth-order valence-electron chi connectivity index (χ4n) is 3.50. The Kier molecular flexibility index (Phi) is 7.17. The molecule has 36 heavy (non-hydrogen) atoms. The first kappa shape index (κ1) is 23.9. The molecule has 180 valence electrons. The van der Waals surface area contributed by atoms with Crippen LogP contribution in [0, 0.1) is 0 Å². The summed E-state index contributed by atoms with van der Waals surface area (Å²) in [5.41, 5.74) is 10.3. The fourth-order valence-corrected chi connectivity index (χ4v) is 3.50. The number of fused-ring (bicyclic) bond motifs is 1. The molecule has 4 aromatic carbocycles. The number of para-hydroxylation sites is 1. The third-order valence-corrected chi connectivity index (χ3v) is 5.25. The van der Waals surface area contributed by atoms with E-state index in [1.165, 1.54) is 29.7 Å². The van der Waals surface area contributed by atoms with Crippen LogP contribution in [0.5, 0.6) is 0 Å². The van der Waals surface area contributed by atoms with E-state index < -0.39 is 11.9 Å². The topological polar surface area (TPSA) is 140 Å². The summed E-state index contributed by atoms with van der Waals surface area (Å²) < 4.78 is 0. The van der Waals surface area contributed by atoms with Crippen molar-refractivity contribution in [3.8, 4) is 0 Å². The second-order valence-corrected chi connectivity index (χ2v) is 7.91. The summed E-state index contributed by atoms with van der Waals surface area (Å²) in [5.74, 6) is -1.20. The molecule has 5 aromatic rings. The van der Waals surface area contributed by atoms with Crippen molar-refractivity contribution in [3.05, 3.63) is 114 Å². The normalized spacial score (nSPS) is 10.2. The largest absolute Gasteiger partial charge is 0.478 e. The van der Waals surface area contributed by atoms with Crippen LogP contribution in [0.4, 0.5) is 28.6 Å². The first-order valence-electron chi connectivity index (χ1n) is 11.0. The molecular weight excluding hydrogens is 456 g/mol. The maximum atomic E-state index is 10.9. The van der Waals surface area contributed by atoms with Crippen LogP contribution >= 0.6 is 0 Å². The van der Waals surface area contributed by atoms with Gasteiger partial charge >= 0.3 is 11.9 Å². The van der Waals surface area contributed by atoms with E-state index in [2.05, 4.69) is 15.6 Å². The molecule has 1 heterocycles. The first-order chi connectivity index (χ1) is 17.4. The highest BCUT2D eigenvalue weighted by molar-refractivity contribution is 5.89. The molecule has 8 heteroatoms. The molecule has 5 rings (SSSR count). The number of anilines is 5. The maximum Gasteiger partial charge on any atom is 0.335 e. The van der Waals surface area contributed by atoms with Crippen LogP contribution in [0.3, 0.4) is 0 Å². The van der Waals surface area contributed by atoms with Crippen LogP contribution in [0.25, 0.3) is 10.9 Å². The fraction of sp³-hybridized carbons (Fsp3) is 0. The minimum Gasteiger partial charge on any atom is -0.478 e. The van der Waals surface area contributed by atoms with Gasteiger partial charge in [0.15, 0.2) is 0 Å². The Bertz CT molecular complexity index is 1380. The molecule has 0 spiro atoms. The molecule has 0 bridgehead atoms. The van der Waals surface area contributed by atoms with Crippen LogP contribution in [0.15, 0.2) is 103 Å². The number of H-pyrrole nitrogens is 1. The molecule has 0 aliphatic rings. The highest BCUT2D eigenvalue weighted by atomic mass is 16.4. The predicted molar refractivity (Wildman–Crippen MR) is 143 cm³/mol. The van der Waals surface area contributed by atoms with Crippen molar-refractivity contribution in [1.82, 2.24) is 4.98 Å². The molecule has 0 saturated carbocycles. The number of nitrogen functional groups attached to an aromatic ring is 1. The molecule has 0 amide bonds. The van der Waals surface area contributed by atoms with Gasteiger partial charge < -0.3 is 31.6 Å². The minimum atomic E-state index is -0.961. The Labute approximate surface area is 207 Å². The van der Waals surface area contributed by atoms with Gasteiger partial charge in [-0.3, -0.25) is 0 Å². The van der Waals surface area contributed by atoms with Gasteiger partial charge in [0.25, 0.3) is 0 Å². The molecule has 8 nitrogen and oxygen atoms in total. The second-order valence-electron chi connectivity index (χ2n) is 7.91. The number of aromatic carboxylic acids is 2. The van der Waals surface area contributed by atoms with Crippen molar-refractivity contribution in [2.45, 2.75) is 0 Å². The molecule has 0 saturated heterocycles. The number of aromatic amines is 1. The maximum absolute atomic E-state index is 10.9. The Balaban J connectivity index is 0.000000251. The van der Waals surface area contributed by atoms with Gasteiger partial charge in [0, 0.05) is 33.7 Å². The first-order valence-corrected chi connectivity index (χ1v) is 11.0. The van der Waals surface area contributed by atoms with E-state index in [-0.39, 0.29) is 11.1 Å². The van der Waals surface area contributed by atoms with E-state index in [0.29, 0.717) is 0 Å². The second kappa shape index (κ2) is 10.8. The van der Waals surface area contributed by atoms with Crippen LogP contribution in [-0.4, -0.2) is 27.1 Å². The SMILES string of the molecule is Nc1cc2ccccc2[nH]1.O=C(O)c1ccc(Nc2cccc(Nc3ccc(C(=O)O)cc3)c2)cc1. The van der Waals surface area contributed by atoms with Crippen molar-refractivity contribution >= 4 is 51.4 Å². The third-order valence-electron chi connectivity index (χ3n) is 5.25. The average molecular weight is 481 g/mol. The summed E-state index contributed by atoms with van der Waals surface area (Å²) in [5, 5.41) is 25.4. The molecule has 0 atom stereocenters. The minimum absolute atomic E-state index is 0.232. The number of benzene rings is 4. The number of hydrogen-bond acceptors (Lipinski definition) is 5. The molecule has 0 aliphatic heterocycles. The number of rotatable bonds is 6. The van der Waals surface area contributed by atoms with E-state index in [1.807, 2.05) is 54.6 Å². The van der Waals surface area contributed by atoms with Crippen molar-refractivity contribution < 1.29 is 19.8 Å². The summed E-state index contributed by atoms with van der Waals surface area (Å²) in [6, 6.07) is 30.5. The van der Waals surface area contributed by atoms with Gasteiger partial charge in [-0.25, -0.2) is 9.59 Å². The van der Waals surface area contributed by atoms with E-state index in [1.54, 1.807) is 24.3 Å². The quantitative estimate of drug-likeness (QED) is 0.167. The van der Waals surface area contributed by atoms with E-state index >= 15 is 0 Å². The summed E-state index contributed by atoms with van der Waals surface area (Å²) in [6.07, 6.45) is 0. The Morgan fingerprint density at radius 2 is 1.11 bits per heavy atom. The third kappa shape index (κ3) is 6.21. The summed E-state index contributed by atoms with van der Waals surface area (Å²) in [6.45, 7) is 0. The van der Waals surface area contributed by atoms with Crippen molar-refractivity contribution in [3.63, 3.8) is 0 Å². The van der Waals surface area contributed by atoms with Crippen LogP contribution in [0.1, 0.15) is 20.7 Å².